The first-order valence-electron chi connectivity index (χ1n) is 8.80. The minimum Gasteiger partial charge on any atom is -0.486 e. The van der Waals surface area contributed by atoms with E-state index in [0.29, 0.717) is 47.2 Å². The number of hydrogen-bond donors (Lipinski definition) is 0. The molecule has 0 aliphatic carbocycles. The maximum atomic E-state index is 12.9. The van der Waals surface area contributed by atoms with Crippen LogP contribution in [0.1, 0.15) is 0 Å². The fraction of sp³-hybridized carbons (Fsp3) is 0.111. The van der Waals surface area contributed by atoms with Gasteiger partial charge in [0.05, 0.1) is 10.9 Å². The molecule has 0 spiro atoms. The van der Waals surface area contributed by atoms with Gasteiger partial charge in [-0.05, 0) is 24.3 Å². The molecule has 0 saturated heterocycles. The van der Waals surface area contributed by atoms with Gasteiger partial charge in [0, 0.05) is 18.0 Å². The summed E-state index contributed by atoms with van der Waals surface area (Å²) < 4.78 is 15.6. The van der Waals surface area contributed by atoms with Gasteiger partial charge in [-0.25, -0.2) is 14.3 Å². The molecule has 0 saturated carbocycles. The Morgan fingerprint density at radius 1 is 1.00 bits per heavy atom. The number of pyridine rings is 1. The number of benzene rings is 1. The van der Waals surface area contributed by atoms with E-state index in [2.05, 4.69) is 25.3 Å². The molecule has 1 aliphatic rings. The van der Waals surface area contributed by atoms with Crippen LogP contribution in [0.4, 0.5) is 0 Å². The molecule has 5 aromatic rings. The number of ether oxygens (including phenoxy) is 2. The molecule has 0 amide bonds. The van der Waals surface area contributed by atoms with Crippen LogP contribution in [0.3, 0.4) is 0 Å². The lowest BCUT2D eigenvalue weighted by Gasteiger charge is -2.18. The van der Waals surface area contributed by atoms with Crippen molar-refractivity contribution in [1.29, 1.82) is 0 Å². The van der Waals surface area contributed by atoms with Gasteiger partial charge in [-0.15, -0.1) is 15.3 Å². The molecule has 0 unspecified atom stereocenters. The van der Waals surface area contributed by atoms with Crippen molar-refractivity contribution in [2.24, 2.45) is 0 Å². The maximum Gasteiger partial charge on any atom is 0.280 e. The summed E-state index contributed by atoms with van der Waals surface area (Å²) in [4.78, 5) is 21.7. The molecule has 0 fully saturated rings. The smallest absolute Gasteiger partial charge is 0.280 e. The summed E-state index contributed by atoms with van der Waals surface area (Å²) in [6.07, 6.45) is 6.00. The second-order valence-electron chi connectivity index (χ2n) is 6.37. The van der Waals surface area contributed by atoms with Crippen molar-refractivity contribution in [3.05, 3.63) is 59.7 Å². The second-order valence-corrected chi connectivity index (χ2v) is 6.37. The first-order valence-corrected chi connectivity index (χ1v) is 8.80. The fourth-order valence-corrected chi connectivity index (χ4v) is 3.30. The van der Waals surface area contributed by atoms with Crippen molar-refractivity contribution >= 4 is 16.7 Å². The summed E-state index contributed by atoms with van der Waals surface area (Å²) in [5.41, 5.74) is 1.10. The molecule has 29 heavy (non-hydrogen) atoms. The molecule has 1 aromatic carbocycles. The van der Waals surface area contributed by atoms with Gasteiger partial charge in [0.1, 0.15) is 25.9 Å². The van der Waals surface area contributed by atoms with Crippen LogP contribution in [-0.4, -0.2) is 52.3 Å². The van der Waals surface area contributed by atoms with Crippen molar-refractivity contribution in [2.45, 2.75) is 0 Å². The number of aromatic nitrogens is 8. The van der Waals surface area contributed by atoms with Crippen LogP contribution in [0.5, 0.6) is 11.5 Å². The number of hydrogen-bond acceptors (Lipinski definition) is 8. The number of rotatable bonds is 2. The predicted molar refractivity (Wildman–Crippen MR) is 99.8 cm³/mol. The third-order valence-corrected chi connectivity index (χ3v) is 4.67. The van der Waals surface area contributed by atoms with Crippen molar-refractivity contribution in [3.8, 4) is 22.9 Å². The normalized spacial score (nSPS) is 13.2. The Bertz CT molecular complexity index is 1440. The molecule has 0 N–H and O–H groups in total. The zero-order valence-corrected chi connectivity index (χ0v) is 14.8. The minimum atomic E-state index is -0.270. The molecule has 1 aliphatic heterocycles. The molecule has 0 bridgehead atoms. The Hall–Kier alpha value is -4.28. The van der Waals surface area contributed by atoms with E-state index in [1.807, 2.05) is 18.2 Å². The summed E-state index contributed by atoms with van der Waals surface area (Å²) in [7, 11) is 0. The second kappa shape index (κ2) is 5.86. The van der Waals surface area contributed by atoms with Crippen molar-refractivity contribution in [2.75, 3.05) is 13.2 Å². The van der Waals surface area contributed by atoms with E-state index in [1.54, 1.807) is 16.8 Å². The van der Waals surface area contributed by atoms with Gasteiger partial charge in [-0.3, -0.25) is 4.79 Å². The van der Waals surface area contributed by atoms with E-state index >= 15 is 0 Å². The lowest BCUT2D eigenvalue weighted by molar-refractivity contribution is 0.171. The molecule has 6 rings (SSSR count). The average molecular weight is 388 g/mol. The van der Waals surface area contributed by atoms with Gasteiger partial charge in [0.2, 0.25) is 0 Å². The van der Waals surface area contributed by atoms with Crippen LogP contribution in [0.2, 0.25) is 0 Å². The fourth-order valence-electron chi connectivity index (χ4n) is 3.30. The minimum absolute atomic E-state index is 0.270. The molecule has 11 heteroatoms. The predicted octanol–water partition coefficient (Wildman–Crippen LogP) is 0.780. The van der Waals surface area contributed by atoms with Gasteiger partial charge in [0.15, 0.2) is 17.3 Å². The first kappa shape index (κ1) is 15.7. The lowest BCUT2D eigenvalue weighted by atomic mass is 10.2. The van der Waals surface area contributed by atoms with Crippen LogP contribution >= 0.6 is 0 Å². The Morgan fingerprint density at radius 2 is 1.83 bits per heavy atom. The van der Waals surface area contributed by atoms with E-state index in [1.165, 1.54) is 28.2 Å². The Balaban J connectivity index is 1.52. The van der Waals surface area contributed by atoms with Crippen LogP contribution < -0.4 is 15.0 Å². The van der Waals surface area contributed by atoms with Crippen LogP contribution in [0.15, 0.2) is 54.1 Å². The molecule has 142 valence electrons. The Kier molecular flexibility index (Phi) is 3.18. The van der Waals surface area contributed by atoms with E-state index in [0.717, 1.165) is 5.56 Å². The molecular formula is C18H12N8O3. The third-order valence-electron chi connectivity index (χ3n) is 4.67. The average Bonchev–Trinajstić information content (AvgIpc) is 3.44. The molecule has 4 aromatic heterocycles. The summed E-state index contributed by atoms with van der Waals surface area (Å²) in [5.74, 6) is 2.22. The number of nitrogens with zero attached hydrogens (tertiary/aromatic N) is 8. The first-order chi connectivity index (χ1) is 14.3. The van der Waals surface area contributed by atoms with Gasteiger partial charge in [-0.2, -0.15) is 9.50 Å². The standard InChI is InChI=1S/C18H12N8O3/c27-17-12-8-19-18-22-16(11-1-2-14-15(7-11)29-6-5-28-14)23-26(18)13(12)3-4-25(17)24-9-20-21-10-24/h1-4,7-10H,5-6H2. The molecule has 11 nitrogen and oxygen atoms in total. The molecule has 0 radical (unpaired) electrons. The SMILES string of the molecule is O=c1c2cnc3nc(-c4ccc5c(c4)OCCO5)nn3c2ccn1-n1cnnc1. The topological polar surface area (TPSA) is 114 Å². The van der Waals surface area contributed by atoms with E-state index < -0.39 is 0 Å². The van der Waals surface area contributed by atoms with Gasteiger partial charge < -0.3 is 9.47 Å². The van der Waals surface area contributed by atoms with E-state index in [4.69, 9.17) is 9.47 Å². The zero-order chi connectivity index (χ0) is 19.4. The highest BCUT2D eigenvalue weighted by Crippen LogP contribution is 2.33. The molecular weight excluding hydrogens is 376 g/mol. The molecule has 0 atom stereocenters. The van der Waals surface area contributed by atoms with Crippen molar-refractivity contribution < 1.29 is 9.47 Å². The van der Waals surface area contributed by atoms with Gasteiger partial charge in [0.25, 0.3) is 11.3 Å². The summed E-state index contributed by atoms with van der Waals surface area (Å²) in [6, 6.07) is 7.31. The lowest BCUT2D eigenvalue weighted by Crippen LogP contribution is -2.25. The highest BCUT2D eigenvalue weighted by molar-refractivity contribution is 5.79. The monoisotopic (exact) mass is 388 g/mol. The highest BCUT2D eigenvalue weighted by atomic mass is 16.6. The number of fused-ring (bicyclic) bond motifs is 4. The largest absolute Gasteiger partial charge is 0.486 e. The van der Waals surface area contributed by atoms with Gasteiger partial charge >= 0.3 is 0 Å². The summed E-state index contributed by atoms with van der Waals surface area (Å²) >= 11 is 0. The highest BCUT2D eigenvalue weighted by Gasteiger charge is 2.16. The summed E-state index contributed by atoms with van der Waals surface area (Å²) in [5, 5.41) is 12.4. The van der Waals surface area contributed by atoms with Gasteiger partial charge in [-0.1, -0.05) is 0 Å². The van der Waals surface area contributed by atoms with E-state index in [9.17, 15) is 4.79 Å². The van der Waals surface area contributed by atoms with Crippen LogP contribution in [0, 0.1) is 0 Å². The quantitative estimate of drug-likeness (QED) is 0.436. The Morgan fingerprint density at radius 3 is 2.69 bits per heavy atom. The van der Waals surface area contributed by atoms with E-state index in [-0.39, 0.29) is 5.56 Å². The van der Waals surface area contributed by atoms with Crippen molar-refractivity contribution in [3.63, 3.8) is 0 Å². The third kappa shape index (κ3) is 2.37. The molecule has 5 heterocycles. The Labute approximate surface area is 161 Å². The van der Waals surface area contributed by atoms with Crippen LogP contribution in [0.25, 0.3) is 28.1 Å². The summed E-state index contributed by atoms with van der Waals surface area (Å²) in [6.45, 7) is 1.03. The zero-order valence-electron chi connectivity index (χ0n) is 14.8. The van der Waals surface area contributed by atoms with Crippen molar-refractivity contribution in [1.82, 2.24) is 39.1 Å². The maximum absolute atomic E-state index is 12.9. The van der Waals surface area contributed by atoms with Crippen LogP contribution in [-0.2, 0) is 0 Å².